The molecule has 0 aliphatic carbocycles. The number of hydrogen-bond donors (Lipinski definition) is 0. The molecule has 0 saturated carbocycles. The SMILES string of the molecule is c1ccc(-c2ccc(N(c3ccc(-c4ccccc4)cc3)c3cccc(-c4ccc5c(c4)c4ccccc4c4oc(-c6ccccc6)c(-c6ccccc6)c54)c3)cc2)cc1. The van der Waals surface area contributed by atoms with Crippen LogP contribution in [0.2, 0.25) is 0 Å². The normalized spacial score (nSPS) is 11.3. The van der Waals surface area contributed by atoms with E-state index in [-0.39, 0.29) is 0 Å². The fourth-order valence-corrected chi connectivity index (χ4v) is 8.77. The van der Waals surface area contributed by atoms with E-state index in [0.29, 0.717) is 0 Å². The van der Waals surface area contributed by atoms with Crippen molar-refractivity contribution < 1.29 is 4.42 Å². The lowest BCUT2D eigenvalue weighted by Crippen LogP contribution is -2.10. The van der Waals surface area contributed by atoms with Crippen LogP contribution in [0.1, 0.15) is 0 Å². The van der Waals surface area contributed by atoms with Crippen molar-refractivity contribution in [2.45, 2.75) is 0 Å². The maximum Gasteiger partial charge on any atom is 0.143 e. The molecule has 1 aromatic heterocycles. The van der Waals surface area contributed by atoms with Gasteiger partial charge in [-0.25, -0.2) is 0 Å². The third-order valence-electron chi connectivity index (χ3n) is 11.7. The monoisotopic (exact) mass is 765 g/mol. The molecule has 2 heteroatoms. The zero-order valence-corrected chi connectivity index (χ0v) is 32.9. The van der Waals surface area contributed by atoms with E-state index in [1.807, 2.05) is 0 Å². The van der Waals surface area contributed by atoms with Crippen LogP contribution in [-0.4, -0.2) is 0 Å². The summed E-state index contributed by atoms with van der Waals surface area (Å²) in [6.45, 7) is 0. The second-order valence-electron chi connectivity index (χ2n) is 15.3. The number of furan rings is 1. The van der Waals surface area contributed by atoms with E-state index in [1.165, 1.54) is 38.4 Å². The fourth-order valence-electron chi connectivity index (χ4n) is 8.77. The van der Waals surface area contributed by atoms with Crippen molar-refractivity contribution in [1.29, 1.82) is 0 Å². The van der Waals surface area contributed by atoms with E-state index in [1.54, 1.807) is 0 Å². The van der Waals surface area contributed by atoms with Crippen LogP contribution in [-0.2, 0) is 0 Å². The van der Waals surface area contributed by atoms with Crippen LogP contribution in [0.5, 0.6) is 0 Å². The summed E-state index contributed by atoms with van der Waals surface area (Å²) in [5, 5.41) is 5.78. The topological polar surface area (TPSA) is 16.4 Å². The summed E-state index contributed by atoms with van der Waals surface area (Å²) in [7, 11) is 0. The molecule has 0 fully saturated rings. The minimum atomic E-state index is 0.889. The average molecular weight is 766 g/mol. The van der Waals surface area contributed by atoms with Crippen LogP contribution < -0.4 is 4.90 Å². The molecule has 0 saturated heterocycles. The quantitative estimate of drug-likeness (QED) is 0.143. The summed E-state index contributed by atoms with van der Waals surface area (Å²) < 4.78 is 6.96. The highest BCUT2D eigenvalue weighted by atomic mass is 16.3. The Balaban J connectivity index is 1.07. The molecule has 10 aromatic carbocycles. The molecule has 0 unspecified atom stereocenters. The second kappa shape index (κ2) is 15.1. The van der Waals surface area contributed by atoms with Crippen molar-refractivity contribution >= 4 is 49.6 Å². The maximum absolute atomic E-state index is 6.96. The minimum Gasteiger partial charge on any atom is -0.455 e. The summed E-state index contributed by atoms with van der Waals surface area (Å²) in [4.78, 5) is 2.36. The molecule has 0 N–H and O–H groups in total. The van der Waals surface area contributed by atoms with E-state index >= 15 is 0 Å². The van der Waals surface area contributed by atoms with Gasteiger partial charge in [0, 0.05) is 39.0 Å². The number of fused-ring (bicyclic) bond motifs is 6. The summed E-state index contributed by atoms with van der Waals surface area (Å²) in [6.07, 6.45) is 0. The van der Waals surface area contributed by atoms with Gasteiger partial charge in [-0.1, -0.05) is 194 Å². The smallest absolute Gasteiger partial charge is 0.143 e. The van der Waals surface area contributed by atoms with Crippen LogP contribution in [0.3, 0.4) is 0 Å². The van der Waals surface area contributed by atoms with Crippen molar-refractivity contribution in [2.24, 2.45) is 0 Å². The minimum absolute atomic E-state index is 0.889. The van der Waals surface area contributed by atoms with Crippen LogP contribution in [0.15, 0.2) is 241 Å². The lowest BCUT2D eigenvalue weighted by molar-refractivity contribution is 0.636. The molecule has 0 bridgehead atoms. The highest BCUT2D eigenvalue weighted by Gasteiger charge is 2.23. The fraction of sp³-hybridized carbons (Fsp3) is 0. The molecule has 11 aromatic rings. The molecule has 0 aliphatic heterocycles. The molecule has 0 aliphatic rings. The van der Waals surface area contributed by atoms with Gasteiger partial charge in [-0.15, -0.1) is 0 Å². The first-order valence-electron chi connectivity index (χ1n) is 20.5. The molecule has 1 heterocycles. The molecule has 2 nitrogen and oxygen atoms in total. The van der Waals surface area contributed by atoms with Gasteiger partial charge in [0.1, 0.15) is 11.3 Å². The van der Waals surface area contributed by atoms with Crippen molar-refractivity contribution in [3.63, 3.8) is 0 Å². The Morgan fingerprint density at radius 3 is 1.30 bits per heavy atom. The number of nitrogens with zero attached hydrogens (tertiary/aromatic N) is 1. The maximum atomic E-state index is 6.96. The van der Waals surface area contributed by atoms with Crippen LogP contribution in [0, 0.1) is 0 Å². The van der Waals surface area contributed by atoms with E-state index in [4.69, 9.17) is 4.42 Å². The number of hydrogen-bond acceptors (Lipinski definition) is 2. The standard InChI is InChI=1S/C58H39NO/c1-5-16-40(17-6-1)42-28-33-48(34-29-42)59(49-35-30-43(31-36-49)41-18-7-2-8-19-41)50-25-15-24-46(38-50)47-32-37-52-54(39-47)51-26-13-14-27-53(51)58-56(52)55(44-20-9-3-10-21-44)57(60-58)45-22-11-4-12-23-45/h1-39H. The van der Waals surface area contributed by atoms with Gasteiger partial charge < -0.3 is 9.32 Å². The Morgan fingerprint density at radius 2 is 0.717 bits per heavy atom. The van der Waals surface area contributed by atoms with Gasteiger partial charge in [0.2, 0.25) is 0 Å². The van der Waals surface area contributed by atoms with Gasteiger partial charge >= 0.3 is 0 Å². The van der Waals surface area contributed by atoms with E-state index in [9.17, 15) is 0 Å². The third kappa shape index (κ3) is 6.32. The number of anilines is 3. The Labute approximate surface area is 349 Å². The number of benzene rings is 10. The van der Waals surface area contributed by atoms with Crippen LogP contribution >= 0.6 is 0 Å². The molecular weight excluding hydrogens is 727 g/mol. The molecule has 282 valence electrons. The van der Waals surface area contributed by atoms with E-state index in [2.05, 4.69) is 241 Å². The largest absolute Gasteiger partial charge is 0.455 e. The molecule has 0 radical (unpaired) electrons. The third-order valence-corrected chi connectivity index (χ3v) is 11.7. The van der Waals surface area contributed by atoms with Gasteiger partial charge in [-0.3, -0.25) is 0 Å². The lowest BCUT2D eigenvalue weighted by Gasteiger charge is -2.26. The Morgan fingerprint density at radius 1 is 0.267 bits per heavy atom. The Bertz CT molecular complexity index is 3180. The Kier molecular flexibility index (Phi) is 8.87. The van der Waals surface area contributed by atoms with E-state index in [0.717, 1.165) is 67.0 Å². The predicted molar refractivity (Wildman–Crippen MR) is 253 cm³/mol. The summed E-state index contributed by atoms with van der Waals surface area (Å²) >= 11 is 0. The van der Waals surface area contributed by atoms with Gasteiger partial charge in [-0.05, 0) is 97.6 Å². The highest BCUT2D eigenvalue weighted by molar-refractivity contribution is 6.29. The van der Waals surface area contributed by atoms with Crippen LogP contribution in [0.4, 0.5) is 17.1 Å². The molecular formula is C58H39NO. The second-order valence-corrected chi connectivity index (χ2v) is 15.3. The van der Waals surface area contributed by atoms with Gasteiger partial charge in [0.15, 0.2) is 0 Å². The predicted octanol–water partition coefficient (Wildman–Crippen LogP) is 16.5. The van der Waals surface area contributed by atoms with Gasteiger partial charge in [0.25, 0.3) is 0 Å². The highest BCUT2D eigenvalue weighted by Crippen LogP contribution is 2.48. The van der Waals surface area contributed by atoms with Crippen molar-refractivity contribution in [3.05, 3.63) is 237 Å². The first-order valence-corrected chi connectivity index (χ1v) is 20.5. The van der Waals surface area contributed by atoms with Gasteiger partial charge in [-0.2, -0.15) is 0 Å². The summed E-state index contributed by atoms with van der Waals surface area (Å²) in [5.74, 6) is 0.889. The Hall–Kier alpha value is -7.94. The summed E-state index contributed by atoms with van der Waals surface area (Å²) in [5.41, 5.74) is 14.6. The van der Waals surface area contributed by atoms with Crippen molar-refractivity contribution in [3.8, 4) is 55.8 Å². The number of rotatable bonds is 8. The average Bonchev–Trinajstić information content (AvgIpc) is 3.75. The zero-order valence-electron chi connectivity index (χ0n) is 32.9. The molecule has 11 rings (SSSR count). The van der Waals surface area contributed by atoms with Crippen molar-refractivity contribution in [1.82, 2.24) is 0 Å². The van der Waals surface area contributed by atoms with Gasteiger partial charge in [0.05, 0.1) is 0 Å². The van der Waals surface area contributed by atoms with Crippen LogP contribution in [0.25, 0.3) is 88.3 Å². The van der Waals surface area contributed by atoms with E-state index < -0.39 is 0 Å². The zero-order chi connectivity index (χ0) is 39.8. The first kappa shape index (κ1) is 35.2. The molecule has 60 heavy (non-hydrogen) atoms. The van der Waals surface area contributed by atoms with Crippen molar-refractivity contribution in [2.75, 3.05) is 4.90 Å². The summed E-state index contributed by atoms with van der Waals surface area (Å²) in [6, 6.07) is 84.6. The molecule has 0 spiro atoms. The molecule has 0 amide bonds. The first-order chi connectivity index (χ1) is 29.8. The molecule has 0 atom stereocenters. The lowest BCUT2D eigenvalue weighted by atomic mass is 9.91.